The van der Waals surface area contributed by atoms with Crippen molar-refractivity contribution in [3.05, 3.63) is 44.0 Å². The van der Waals surface area contributed by atoms with Crippen LogP contribution in [0.25, 0.3) is 10.2 Å². The Morgan fingerprint density at radius 2 is 1.94 bits per heavy atom. The highest BCUT2D eigenvalue weighted by Gasteiger charge is 2.26. The normalized spacial score (nSPS) is 13.9. The van der Waals surface area contributed by atoms with Gasteiger partial charge in [0.15, 0.2) is 4.80 Å². The highest BCUT2D eigenvalue weighted by Crippen LogP contribution is 2.38. The Morgan fingerprint density at radius 1 is 1.14 bits per heavy atom. The van der Waals surface area contributed by atoms with E-state index in [9.17, 15) is 14.4 Å². The van der Waals surface area contributed by atoms with Gasteiger partial charge in [0, 0.05) is 16.4 Å². The van der Waals surface area contributed by atoms with E-state index in [4.69, 9.17) is 16.3 Å². The van der Waals surface area contributed by atoms with E-state index < -0.39 is 0 Å². The summed E-state index contributed by atoms with van der Waals surface area (Å²) < 4.78 is 8.22. The smallest absolute Gasteiger partial charge is 0.341 e. The number of hydrogen-bond donors (Lipinski definition) is 1. The van der Waals surface area contributed by atoms with Crippen molar-refractivity contribution in [3.8, 4) is 0 Å². The third-order valence-electron chi connectivity index (χ3n) is 5.79. The zero-order chi connectivity index (χ0) is 25.7. The Labute approximate surface area is 226 Å². The van der Waals surface area contributed by atoms with Crippen molar-refractivity contribution < 1.29 is 19.1 Å². The Morgan fingerprint density at radius 3 is 2.72 bits per heavy atom. The maximum Gasteiger partial charge on any atom is 0.341 e. The van der Waals surface area contributed by atoms with Crippen LogP contribution in [0.5, 0.6) is 0 Å². The fourth-order valence-corrected chi connectivity index (χ4v) is 7.50. The number of halogens is 1. The lowest BCUT2D eigenvalue weighted by Gasteiger charge is -2.08. The largest absolute Gasteiger partial charge is 0.462 e. The fraction of sp³-hybridized carbons (Fsp3) is 0.440. The van der Waals surface area contributed by atoms with Crippen molar-refractivity contribution in [3.63, 3.8) is 0 Å². The summed E-state index contributed by atoms with van der Waals surface area (Å²) in [6.45, 7) is 4.73. The summed E-state index contributed by atoms with van der Waals surface area (Å²) >= 11 is 10.2. The number of aryl methyl sites for hydroxylation is 2. The molecule has 36 heavy (non-hydrogen) atoms. The van der Waals surface area contributed by atoms with Gasteiger partial charge in [0.25, 0.3) is 5.91 Å². The molecule has 1 aromatic carbocycles. The van der Waals surface area contributed by atoms with Crippen LogP contribution >= 0.6 is 46.0 Å². The molecule has 2 aromatic heterocycles. The van der Waals surface area contributed by atoms with Crippen LogP contribution in [0.2, 0.25) is 5.02 Å². The van der Waals surface area contributed by atoms with Crippen LogP contribution < -0.4 is 10.1 Å². The lowest BCUT2D eigenvalue weighted by atomic mass is 10.1. The number of aromatic nitrogens is 1. The Hall–Kier alpha value is -2.14. The highest BCUT2D eigenvalue weighted by molar-refractivity contribution is 8.00. The molecule has 11 heteroatoms. The molecular weight excluding hydrogens is 538 g/mol. The van der Waals surface area contributed by atoms with Crippen LogP contribution in [0.3, 0.4) is 0 Å². The number of ether oxygens (including phenoxy) is 1. The summed E-state index contributed by atoms with van der Waals surface area (Å²) in [4.78, 5) is 43.9. The van der Waals surface area contributed by atoms with Gasteiger partial charge in [-0.2, -0.15) is 4.99 Å². The van der Waals surface area contributed by atoms with E-state index in [0.29, 0.717) is 26.9 Å². The number of fused-ring (bicyclic) bond motifs is 2. The van der Waals surface area contributed by atoms with Gasteiger partial charge < -0.3 is 14.6 Å². The predicted octanol–water partition coefficient (Wildman–Crippen LogP) is 5.68. The molecule has 0 bridgehead atoms. The van der Waals surface area contributed by atoms with Crippen molar-refractivity contribution in [2.45, 2.75) is 52.5 Å². The van der Waals surface area contributed by atoms with Gasteiger partial charge in [-0.1, -0.05) is 29.4 Å². The number of thioether (sulfide) groups is 1. The summed E-state index contributed by atoms with van der Waals surface area (Å²) in [5.41, 5.74) is 2.50. The zero-order valence-corrected chi connectivity index (χ0v) is 23.4. The molecule has 0 radical (unpaired) electrons. The second-order valence-electron chi connectivity index (χ2n) is 8.28. The summed E-state index contributed by atoms with van der Waals surface area (Å²) in [6.07, 6.45) is 4.97. The number of amides is 2. The number of nitrogens with one attached hydrogen (secondary N) is 1. The number of anilines is 1. The van der Waals surface area contributed by atoms with Crippen LogP contribution in [-0.4, -0.2) is 40.5 Å². The molecule has 0 spiro atoms. The molecule has 1 N–H and O–H groups in total. The maximum atomic E-state index is 12.7. The summed E-state index contributed by atoms with van der Waals surface area (Å²) in [5.74, 6) is -0.778. The lowest BCUT2D eigenvalue weighted by Crippen LogP contribution is -2.19. The third-order valence-corrected chi connectivity index (χ3v) is 9.19. The first-order chi connectivity index (χ1) is 17.4. The number of nitrogens with zero attached hydrogens (tertiary/aromatic N) is 2. The Balaban J connectivity index is 1.40. The van der Waals surface area contributed by atoms with Gasteiger partial charge in [-0.3, -0.25) is 9.59 Å². The molecule has 1 aliphatic rings. The average molecular weight is 566 g/mol. The molecule has 2 amide bonds. The SMILES string of the molecule is CCOC(=O)c1c(NC(=O)CSCC(=O)N=c2sc3cc(Cl)ccc3n2CC)sc2c1CCCCC2. The maximum absolute atomic E-state index is 12.7. The number of carbonyl (C=O) groups excluding carboxylic acids is 3. The minimum absolute atomic E-state index is 0.0812. The van der Waals surface area contributed by atoms with E-state index >= 15 is 0 Å². The van der Waals surface area contributed by atoms with E-state index in [1.165, 1.54) is 34.4 Å². The van der Waals surface area contributed by atoms with Gasteiger partial charge in [0.1, 0.15) is 5.00 Å². The van der Waals surface area contributed by atoms with E-state index in [1.54, 1.807) is 6.92 Å². The Bertz CT molecular complexity index is 1360. The number of rotatable bonds is 8. The van der Waals surface area contributed by atoms with Gasteiger partial charge in [0.2, 0.25) is 5.91 Å². The molecule has 3 aromatic rings. The quantitative estimate of drug-likeness (QED) is 0.280. The monoisotopic (exact) mass is 565 g/mol. The predicted molar refractivity (Wildman–Crippen MR) is 149 cm³/mol. The fourth-order valence-electron chi connectivity index (χ4n) is 4.22. The topological polar surface area (TPSA) is 89.8 Å². The lowest BCUT2D eigenvalue weighted by molar-refractivity contribution is -0.115. The number of thiazole rings is 1. The number of carbonyl (C=O) groups is 3. The molecule has 2 heterocycles. The molecule has 0 unspecified atom stereocenters. The molecule has 0 saturated carbocycles. The molecule has 0 saturated heterocycles. The van der Waals surface area contributed by atoms with Crippen LogP contribution in [0.4, 0.5) is 5.00 Å². The average Bonchev–Trinajstić information content (AvgIpc) is 3.25. The van der Waals surface area contributed by atoms with Crippen molar-refractivity contribution in [2.24, 2.45) is 4.99 Å². The molecule has 4 rings (SSSR count). The Kier molecular flexibility index (Phi) is 9.27. The first-order valence-corrected chi connectivity index (χ1v) is 15.1. The van der Waals surface area contributed by atoms with E-state index in [1.807, 2.05) is 29.7 Å². The standard InChI is InChI=1S/C25H28ClN3O4S3/c1-3-29-17-11-10-15(26)12-19(17)36-25(29)28-21(31)14-34-13-20(30)27-23-22(24(32)33-4-2)16-8-6-5-7-9-18(16)35-23/h10-12H,3-9,13-14H2,1-2H3,(H,27,30). The second kappa shape index (κ2) is 12.4. The number of benzene rings is 1. The van der Waals surface area contributed by atoms with Crippen molar-refractivity contribution in [2.75, 3.05) is 23.4 Å². The molecule has 7 nitrogen and oxygen atoms in total. The van der Waals surface area contributed by atoms with Crippen LogP contribution in [0.1, 0.15) is 53.9 Å². The first-order valence-electron chi connectivity index (χ1n) is 12.0. The van der Waals surface area contributed by atoms with E-state index in [2.05, 4.69) is 10.3 Å². The number of hydrogen-bond acceptors (Lipinski definition) is 7. The minimum Gasteiger partial charge on any atom is -0.462 e. The van der Waals surface area contributed by atoms with Gasteiger partial charge in [0.05, 0.1) is 33.9 Å². The van der Waals surface area contributed by atoms with Gasteiger partial charge in [-0.05, 0) is 63.3 Å². The van der Waals surface area contributed by atoms with E-state index in [-0.39, 0.29) is 35.9 Å². The molecule has 192 valence electrons. The zero-order valence-electron chi connectivity index (χ0n) is 20.2. The first kappa shape index (κ1) is 26.9. The summed E-state index contributed by atoms with van der Waals surface area (Å²) in [5, 5.41) is 4.08. The highest BCUT2D eigenvalue weighted by atomic mass is 35.5. The van der Waals surface area contributed by atoms with Crippen LogP contribution in [-0.2, 0) is 33.7 Å². The van der Waals surface area contributed by atoms with Crippen molar-refractivity contribution in [1.29, 1.82) is 0 Å². The number of thiophene rings is 1. The third kappa shape index (κ3) is 6.22. The minimum atomic E-state index is -0.386. The molecular formula is C25H28ClN3O4S3. The number of esters is 1. The van der Waals surface area contributed by atoms with Gasteiger partial charge in [-0.25, -0.2) is 4.79 Å². The van der Waals surface area contributed by atoms with Crippen LogP contribution in [0.15, 0.2) is 23.2 Å². The molecule has 0 atom stereocenters. The molecule has 0 aliphatic heterocycles. The van der Waals surface area contributed by atoms with E-state index in [0.717, 1.165) is 52.8 Å². The van der Waals surface area contributed by atoms with Crippen molar-refractivity contribution in [1.82, 2.24) is 4.57 Å². The van der Waals surface area contributed by atoms with Crippen LogP contribution in [0, 0.1) is 0 Å². The van der Waals surface area contributed by atoms with Crippen molar-refractivity contribution >= 4 is 79.0 Å². The summed E-state index contributed by atoms with van der Waals surface area (Å²) in [6, 6.07) is 5.61. The summed E-state index contributed by atoms with van der Waals surface area (Å²) in [7, 11) is 0. The van der Waals surface area contributed by atoms with Gasteiger partial charge in [-0.15, -0.1) is 23.1 Å². The van der Waals surface area contributed by atoms with Gasteiger partial charge >= 0.3 is 5.97 Å². The molecule has 0 fully saturated rings. The molecule has 1 aliphatic carbocycles. The second-order valence-corrected chi connectivity index (χ2v) is 11.8.